The molecule has 3 unspecified atom stereocenters. The molecule has 2 saturated carbocycles. The van der Waals surface area contributed by atoms with Crippen LogP contribution in [-0.4, -0.2) is 11.8 Å². The molecule has 0 radical (unpaired) electrons. The van der Waals surface area contributed by atoms with Crippen LogP contribution in [0, 0.1) is 23.7 Å². The lowest BCUT2D eigenvalue weighted by Gasteiger charge is -2.47. The fourth-order valence-corrected chi connectivity index (χ4v) is 3.68. The Morgan fingerprint density at radius 2 is 1.79 bits per heavy atom. The molecule has 0 spiro atoms. The van der Waals surface area contributed by atoms with Gasteiger partial charge < -0.3 is 5.73 Å². The molecule has 5 atom stereocenters. The number of Topliss-reactive ketones (excluding diaryl/α,β-unsaturated/α-hetero) is 1. The molecule has 0 amide bonds. The van der Waals surface area contributed by atoms with Crippen molar-refractivity contribution in [1.29, 1.82) is 0 Å². The SMILES string of the molecule is NC1CCC2C(C1=O)[C@H]1C=C[C@@H]2CC1. The van der Waals surface area contributed by atoms with Crippen LogP contribution < -0.4 is 5.73 Å². The molecule has 4 aliphatic rings. The summed E-state index contributed by atoms with van der Waals surface area (Å²) in [6, 6.07) is -0.163. The lowest BCUT2D eigenvalue weighted by atomic mass is 9.56. The van der Waals surface area contributed by atoms with Gasteiger partial charge in [-0.25, -0.2) is 0 Å². The maximum absolute atomic E-state index is 12.0. The Balaban J connectivity index is 1.95. The minimum Gasteiger partial charge on any atom is -0.321 e. The highest BCUT2D eigenvalue weighted by molar-refractivity contribution is 5.88. The van der Waals surface area contributed by atoms with Crippen LogP contribution >= 0.6 is 0 Å². The Morgan fingerprint density at radius 1 is 1.07 bits per heavy atom. The van der Waals surface area contributed by atoms with Crippen LogP contribution in [0.25, 0.3) is 0 Å². The average molecular weight is 191 g/mol. The van der Waals surface area contributed by atoms with E-state index in [0.29, 0.717) is 23.5 Å². The molecule has 2 heteroatoms. The number of hydrogen-bond donors (Lipinski definition) is 1. The van der Waals surface area contributed by atoms with Crippen LogP contribution in [-0.2, 0) is 4.79 Å². The van der Waals surface area contributed by atoms with E-state index in [1.54, 1.807) is 0 Å². The summed E-state index contributed by atoms with van der Waals surface area (Å²) in [5.74, 6) is 2.46. The highest BCUT2D eigenvalue weighted by Crippen LogP contribution is 2.49. The van der Waals surface area contributed by atoms with Crippen LogP contribution in [0.1, 0.15) is 25.7 Å². The molecule has 0 saturated heterocycles. The second-order valence-corrected chi connectivity index (χ2v) is 5.07. The lowest BCUT2D eigenvalue weighted by Crippen LogP contribution is -2.51. The molecular weight excluding hydrogens is 174 g/mol. The molecule has 0 aromatic rings. The van der Waals surface area contributed by atoms with Crippen molar-refractivity contribution in [3.05, 3.63) is 12.2 Å². The maximum atomic E-state index is 12.0. The number of carbonyl (C=O) groups excluding carboxylic acids is 1. The highest BCUT2D eigenvalue weighted by atomic mass is 16.1. The summed E-state index contributed by atoms with van der Waals surface area (Å²) in [6.07, 6.45) is 9.20. The van der Waals surface area contributed by atoms with Crippen LogP contribution in [0.2, 0.25) is 0 Å². The lowest BCUT2D eigenvalue weighted by molar-refractivity contribution is -0.133. The standard InChI is InChI=1S/C12H17NO/c13-10-6-5-9-7-1-3-8(4-2-7)11(9)12(10)14/h1,3,7-11H,2,4-6,13H2/t7-,8+,9?,10?,11?/m1/s1. The topological polar surface area (TPSA) is 43.1 Å². The largest absolute Gasteiger partial charge is 0.321 e. The number of nitrogens with two attached hydrogens (primary N) is 1. The molecule has 2 bridgehead atoms. The summed E-state index contributed by atoms with van der Waals surface area (Å²) in [7, 11) is 0. The van der Waals surface area contributed by atoms with E-state index in [-0.39, 0.29) is 12.0 Å². The third-order valence-corrected chi connectivity index (χ3v) is 4.42. The van der Waals surface area contributed by atoms with E-state index in [0.717, 1.165) is 6.42 Å². The zero-order chi connectivity index (χ0) is 9.71. The van der Waals surface area contributed by atoms with E-state index >= 15 is 0 Å². The van der Waals surface area contributed by atoms with Gasteiger partial charge in [-0.3, -0.25) is 4.79 Å². The van der Waals surface area contributed by atoms with Crippen LogP contribution in [0.4, 0.5) is 0 Å². The van der Waals surface area contributed by atoms with Gasteiger partial charge in [0, 0.05) is 5.92 Å². The summed E-state index contributed by atoms with van der Waals surface area (Å²) in [5.41, 5.74) is 5.84. The smallest absolute Gasteiger partial charge is 0.153 e. The maximum Gasteiger partial charge on any atom is 0.153 e. The number of carbonyl (C=O) groups is 1. The average Bonchev–Trinajstić information content (AvgIpc) is 2.25. The second kappa shape index (κ2) is 2.93. The van der Waals surface area contributed by atoms with Gasteiger partial charge in [0.15, 0.2) is 5.78 Å². The normalized spacial score (nSPS) is 50.6. The fourth-order valence-electron chi connectivity index (χ4n) is 3.68. The predicted molar refractivity (Wildman–Crippen MR) is 54.6 cm³/mol. The Kier molecular flexibility index (Phi) is 1.81. The number of allylic oxidation sites excluding steroid dienone is 2. The van der Waals surface area contributed by atoms with Crippen molar-refractivity contribution >= 4 is 5.78 Å². The number of ketones is 1. The van der Waals surface area contributed by atoms with Gasteiger partial charge in [-0.1, -0.05) is 12.2 Å². The Labute approximate surface area is 84.5 Å². The first-order valence-electron chi connectivity index (χ1n) is 5.75. The van der Waals surface area contributed by atoms with Crippen LogP contribution in [0.3, 0.4) is 0 Å². The zero-order valence-corrected chi connectivity index (χ0v) is 8.36. The summed E-state index contributed by atoms with van der Waals surface area (Å²) in [4.78, 5) is 12.0. The fraction of sp³-hybridized carbons (Fsp3) is 0.750. The summed E-state index contributed by atoms with van der Waals surface area (Å²) < 4.78 is 0. The third-order valence-electron chi connectivity index (χ3n) is 4.42. The van der Waals surface area contributed by atoms with Crippen molar-refractivity contribution in [3.8, 4) is 0 Å². The van der Waals surface area contributed by atoms with Gasteiger partial charge in [-0.2, -0.15) is 0 Å². The summed E-state index contributed by atoms with van der Waals surface area (Å²) >= 11 is 0. The number of fused-ring (bicyclic) bond motifs is 1. The molecule has 0 heterocycles. The van der Waals surface area contributed by atoms with Gasteiger partial charge in [0.2, 0.25) is 0 Å². The van der Waals surface area contributed by atoms with Gasteiger partial charge in [0.05, 0.1) is 6.04 Å². The minimum atomic E-state index is -0.163. The van der Waals surface area contributed by atoms with Crippen molar-refractivity contribution in [2.75, 3.05) is 0 Å². The first-order chi connectivity index (χ1) is 6.77. The second-order valence-electron chi connectivity index (χ2n) is 5.07. The molecule has 0 aliphatic heterocycles. The van der Waals surface area contributed by atoms with Gasteiger partial charge in [0.1, 0.15) is 0 Å². The molecule has 14 heavy (non-hydrogen) atoms. The number of hydrogen-bond acceptors (Lipinski definition) is 2. The van der Waals surface area contributed by atoms with E-state index < -0.39 is 0 Å². The number of rotatable bonds is 0. The Bertz CT molecular complexity index is 297. The van der Waals surface area contributed by atoms with E-state index in [2.05, 4.69) is 12.2 Å². The first-order valence-corrected chi connectivity index (χ1v) is 5.75. The van der Waals surface area contributed by atoms with E-state index in [1.165, 1.54) is 19.3 Å². The van der Waals surface area contributed by atoms with Crippen LogP contribution in [0.15, 0.2) is 12.2 Å². The minimum absolute atomic E-state index is 0.163. The van der Waals surface area contributed by atoms with Gasteiger partial charge in [-0.15, -0.1) is 0 Å². The van der Waals surface area contributed by atoms with Gasteiger partial charge in [0.25, 0.3) is 0 Å². The quantitative estimate of drug-likeness (QED) is 0.590. The van der Waals surface area contributed by atoms with E-state index in [1.807, 2.05) is 0 Å². The zero-order valence-electron chi connectivity index (χ0n) is 8.36. The van der Waals surface area contributed by atoms with Gasteiger partial charge >= 0.3 is 0 Å². The molecule has 2 nitrogen and oxygen atoms in total. The molecular formula is C12H17NO. The van der Waals surface area contributed by atoms with E-state index in [4.69, 9.17) is 5.73 Å². The van der Waals surface area contributed by atoms with Crippen molar-refractivity contribution in [2.24, 2.45) is 29.4 Å². The van der Waals surface area contributed by atoms with E-state index in [9.17, 15) is 4.79 Å². The first kappa shape index (κ1) is 8.66. The Hall–Kier alpha value is -0.630. The monoisotopic (exact) mass is 191 g/mol. The van der Waals surface area contributed by atoms with Gasteiger partial charge in [-0.05, 0) is 43.4 Å². The highest BCUT2D eigenvalue weighted by Gasteiger charge is 2.47. The molecule has 2 fully saturated rings. The molecule has 4 aliphatic carbocycles. The molecule has 76 valence electrons. The molecule has 0 aromatic carbocycles. The Morgan fingerprint density at radius 3 is 2.50 bits per heavy atom. The van der Waals surface area contributed by atoms with Crippen molar-refractivity contribution in [2.45, 2.75) is 31.7 Å². The molecule has 0 aromatic heterocycles. The molecule has 2 N–H and O–H groups in total. The van der Waals surface area contributed by atoms with Crippen molar-refractivity contribution < 1.29 is 4.79 Å². The van der Waals surface area contributed by atoms with Crippen molar-refractivity contribution in [3.63, 3.8) is 0 Å². The molecule has 4 rings (SSSR count). The third kappa shape index (κ3) is 1.04. The summed E-state index contributed by atoms with van der Waals surface area (Å²) in [5, 5.41) is 0. The summed E-state index contributed by atoms with van der Waals surface area (Å²) in [6.45, 7) is 0. The van der Waals surface area contributed by atoms with Crippen molar-refractivity contribution in [1.82, 2.24) is 0 Å². The van der Waals surface area contributed by atoms with Crippen LogP contribution in [0.5, 0.6) is 0 Å². The predicted octanol–water partition coefficient (Wildman–Crippen LogP) is 1.50.